The molecule has 0 unspecified atom stereocenters. The molecule has 0 atom stereocenters. The first kappa shape index (κ1) is 16.8. The molecule has 5 nitrogen and oxygen atoms in total. The number of hydrogen-bond acceptors (Lipinski definition) is 5. The molecule has 3 rings (SSSR count). The van der Waals surface area contributed by atoms with Crippen molar-refractivity contribution in [2.75, 3.05) is 17.7 Å². The first-order valence-electron chi connectivity index (χ1n) is 8.16. The minimum Gasteiger partial charge on any atom is -0.495 e. The standard InChI is InChI=1S/C20H22N4O/c1-13-8-7-10-16(14(13)2)23-19-12-20(22-15(3)21-19)24-17-9-5-6-11-18(17)25-4/h5-12H,1-4H3,(H2,21,22,23,24). The monoisotopic (exact) mass is 334 g/mol. The average molecular weight is 334 g/mol. The molecule has 0 saturated heterocycles. The predicted octanol–water partition coefficient (Wildman–Crippen LogP) is 4.90. The fourth-order valence-electron chi connectivity index (χ4n) is 2.61. The molecule has 2 aromatic carbocycles. The van der Waals surface area contributed by atoms with Crippen molar-refractivity contribution < 1.29 is 4.74 Å². The van der Waals surface area contributed by atoms with Gasteiger partial charge in [-0.2, -0.15) is 0 Å². The van der Waals surface area contributed by atoms with E-state index in [1.807, 2.05) is 49.4 Å². The third kappa shape index (κ3) is 3.88. The zero-order valence-corrected chi connectivity index (χ0v) is 14.9. The summed E-state index contributed by atoms with van der Waals surface area (Å²) >= 11 is 0. The Bertz CT molecular complexity index is 893. The van der Waals surface area contributed by atoms with E-state index in [9.17, 15) is 0 Å². The summed E-state index contributed by atoms with van der Waals surface area (Å²) in [6.45, 7) is 6.07. The van der Waals surface area contributed by atoms with Crippen LogP contribution < -0.4 is 15.4 Å². The van der Waals surface area contributed by atoms with Gasteiger partial charge in [0.05, 0.1) is 12.8 Å². The molecular weight excluding hydrogens is 312 g/mol. The molecule has 25 heavy (non-hydrogen) atoms. The van der Waals surface area contributed by atoms with Crippen LogP contribution in [0.15, 0.2) is 48.5 Å². The molecule has 0 saturated carbocycles. The molecule has 0 aliphatic rings. The Morgan fingerprint density at radius 2 is 1.44 bits per heavy atom. The van der Waals surface area contributed by atoms with Gasteiger partial charge >= 0.3 is 0 Å². The molecule has 0 amide bonds. The van der Waals surface area contributed by atoms with Gasteiger partial charge in [0.15, 0.2) is 0 Å². The van der Waals surface area contributed by atoms with E-state index >= 15 is 0 Å². The maximum absolute atomic E-state index is 5.38. The van der Waals surface area contributed by atoms with Crippen molar-refractivity contribution in [1.29, 1.82) is 0 Å². The fraction of sp³-hybridized carbons (Fsp3) is 0.200. The third-order valence-electron chi connectivity index (χ3n) is 4.08. The molecular formula is C20H22N4O. The number of ether oxygens (including phenoxy) is 1. The summed E-state index contributed by atoms with van der Waals surface area (Å²) < 4.78 is 5.38. The van der Waals surface area contributed by atoms with E-state index in [1.54, 1.807) is 7.11 Å². The molecule has 0 bridgehead atoms. The minimum atomic E-state index is 0.688. The maximum atomic E-state index is 5.38. The molecule has 0 fully saturated rings. The lowest BCUT2D eigenvalue weighted by atomic mass is 10.1. The van der Waals surface area contributed by atoms with E-state index < -0.39 is 0 Å². The lowest BCUT2D eigenvalue weighted by Gasteiger charge is -2.14. The van der Waals surface area contributed by atoms with Crippen LogP contribution in [-0.4, -0.2) is 17.1 Å². The number of hydrogen-bond donors (Lipinski definition) is 2. The Morgan fingerprint density at radius 1 is 0.800 bits per heavy atom. The number of benzene rings is 2. The van der Waals surface area contributed by atoms with E-state index in [2.05, 4.69) is 40.5 Å². The van der Waals surface area contributed by atoms with Crippen LogP contribution in [0.5, 0.6) is 5.75 Å². The minimum absolute atomic E-state index is 0.688. The molecule has 1 heterocycles. The van der Waals surface area contributed by atoms with Gasteiger partial charge in [-0.05, 0) is 50.1 Å². The van der Waals surface area contributed by atoms with E-state index in [0.29, 0.717) is 11.6 Å². The van der Waals surface area contributed by atoms with Crippen molar-refractivity contribution in [2.45, 2.75) is 20.8 Å². The van der Waals surface area contributed by atoms with Crippen molar-refractivity contribution >= 4 is 23.0 Å². The summed E-state index contributed by atoms with van der Waals surface area (Å²) in [5.41, 5.74) is 4.35. The van der Waals surface area contributed by atoms with Gasteiger partial charge in [0, 0.05) is 11.8 Å². The van der Waals surface area contributed by atoms with Crippen LogP contribution in [0.4, 0.5) is 23.0 Å². The van der Waals surface area contributed by atoms with Crippen LogP contribution in [0, 0.1) is 20.8 Å². The highest BCUT2D eigenvalue weighted by molar-refractivity contribution is 5.68. The Morgan fingerprint density at radius 3 is 2.16 bits per heavy atom. The Hall–Kier alpha value is -3.08. The van der Waals surface area contributed by atoms with Crippen molar-refractivity contribution in [3.8, 4) is 5.75 Å². The zero-order chi connectivity index (χ0) is 17.8. The smallest absolute Gasteiger partial charge is 0.142 e. The van der Waals surface area contributed by atoms with Crippen LogP contribution >= 0.6 is 0 Å². The second-order valence-electron chi connectivity index (χ2n) is 5.88. The largest absolute Gasteiger partial charge is 0.495 e. The van der Waals surface area contributed by atoms with Crippen LogP contribution in [0.1, 0.15) is 17.0 Å². The average Bonchev–Trinajstić information content (AvgIpc) is 2.59. The summed E-state index contributed by atoms with van der Waals surface area (Å²) in [6.07, 6.45) is 0. The molecule has 0 aliphatic heterocycles. The number of aryl methyl sites for hydroxylation is 2. The van der Waals surface area contributed by atoms with Crippen molar-refractivity contribution in [3.63, 3.8) is 0 Å². The van der Waals surface area contributed by atoms with Gasteiger partial charge in [-0.3, -0.25) is 0 Å². The first-order valence-corrected chi connectivity index (χ1v) is 8.16. The number of anilines is 4. The molecule has 0 radical (unpaired) electrons. The van der Waals surface area contributed by atoms with Crippen molar-refractivity contribution in [2.24, 2.45) is 0 Å². The van der Waals surface area contributed by atoms with Gasteiger partial charge in [0.25, 0.3) is 0 Å². The zero-order valence-electron chi connectivity index (χ0n) is 14.9. The number of nitrogens with zero attached hydrogens (tertiary/aromatic N) is 2. The second-order valence-corrected chi connectivity index (χ2v) is 5.88. The van der Waals surface area contributed by atoms with Crippen LogP contribution in [0.3, 0.4) is 0 Å². The van der Waals surface area contributed by atoms with Crippen molar-refractivity contribution in [1.82, 2.24) is 9.97 Å². The normalized spacial score (nSPS) is 10.4. The van der Waals surface area contributed by atoms with Gasteiger partial charge in [-0.1, -0.05) is 24.3 Å². The van der Waals surface area contributed by atoms with E-state index in [4.69, 9.17) is 4.74 Å². The molecule has 3 aromatic rings. The van der Waals surface area contributed by atoms with Crippen LogP contribution in [-0.2, 0) is 0 Å². The molecule has 2 N–H and O–H groups in total. The lowest BCUT2D eigenvalue weighted by Crippen LogP contribution is -2.03. The van der Waals surface area contributed by atoms with Crippen molar-refractivity contribution in [3.05, 3.63) is 65.5 Å². The van der Waals surface area contributed by atoms with E-state index in [0.717, 1.165) is 22.9 Å². The number of para-hydroxylation sites is 2. The van der Waals surface area contributed by atoms with Crippen LogP contribution in [0.2, 0.25) is 0 Å². The highest BCUT2D eigenvalue weighted by Gasteiger charge is 2.07. The Balaban J connectivity index is 1.89. The third-order valence-corrected chi connectivity index (χ3v) is 4.08. The highest BCUT2D eigenvalue weighted by Crippen LogP contribution is 2.28. The summed E-state index contributed by atoms with van der Waals surface area (Å²) in [5, 5.41) is 6.69. The number of aromatic nitrogens is 2. The molecule has 1 aromatic heterocycles. The molecule has 128 valence electrons. The van der Waals surface area contributed by atoms with Gasteiger partial charge in [-0.15, -0.1) is 0 Å². The maximum Gasteiger partial charge on any atom is 0.142 e. The summed E-state index contributed by atoms with van der Waals surface area (Å²) in [7, 11) is 1.65. The Labute approximate surface area is 148 Å². The molecule has 0 spiro atoms. The molecule has 0 aliphatic carbocycles. The van der Waals surface area contributed by atoms with E-state index in [1.165, 1.54) is 11.1 Å². The number of rotatable bonds is 5. The van der Waals surface area contributed by atoms with Gasteiger partial charge in [0.2, 0.25) is 0 Å². The van der Waals surface area contributed by atoms with Crippen LogP contribution in [0.25, 0.3) is 0 Å². The quantitative estimate of drug-likeness (QED) is 0.695. The molecule has 5 heteroatoms. The van der Waals surface area contributed by atoms with Gasteiger partial charge in [-0.25, -0.2) is 9.97 Å². The Kier molecular flexibility index (Phi) is 4.84. The fourth-order valence-corrected chi connectivity index (χ4v) is 2.61. The van der Waals surface area contributed by atoms with Gasteiger partial charge in [0.1, 0.15) is 23.2 Å². The second kappa shape index (κ2) is 7.21. The highest BCUT2D eigenvalue weighted by atomic mass is 16.5. The lowest BCUT2D eigenvalue weighted by molar-refractivity contribution is 0.417. The summed E-state index contributed by atoms with van der Waals surface area (Å²) in [5.74, 6) is 2.92. The SMILES string of the molecule is COc1ccccc1Nc1cc(Nc2cccc(C)c2C)nc(C)n1. The van der Waals surface area contributed by atoms with E-state index in [-0.39, 0.29) is 0 Å². The van der Waals surface area contributed by atoms with Gasteiger partial charge < -0.3 is 15.4 Å². The number of nitrogens with one attached hydrogen (secondary N) is 2. The number of methoxy groups -OCH3 is 1. The predicted molar refractivity (Wildman–Crippen MR) is 102 cm³/mol. The topological polar surface area (TPSA) is 59.1 Å². The summed E-state index contributed by atoms with van der Waals surface area (Å²) in [4.78, 5) is 8.96. The summed E-state index contributed by atoms with van der Waals surface area (Å²) in [6, 6.07) is 15.8. The first-order chi connectivity index (χ1) is 12.1.